The fourth-order valence-corrected chi connectivity index (χ4v) is 6.45. The number of benzene rings is 2. The lowest BCUT2D eigenvalue weighted by Gasteiger charge is -2.35. The minimum atomic E-state index is -3.66. The van der Waals surface area contributed by atoms with Gasteiger partial charge in [0, 0.05) is 67.4 Å². The Labute approximate surface area is 229 Å². The zero-order chi connectivity index (χ0) is 27.4. The van der Waals surface area contributed by atoms with Gasteiger partial charge in [-0.15, -0.1) is 11.3 Å². The molecule has 2 N–H and O–H groups in total. The van der Waals surface area contributed by atoms with Crippen molar-refractivity contribution in [2.45, 2.75) is 30.3 Å². The predicted molar refractivity (Wildman–Crippen MR) is 147 cm³/mol. The Hall–Kier alpha value is -3.52. The third-order valence-electron chi connectivity index (χ3n) is 6.57. The van der Waals surface area contributed by atoms with Gasteiger partial charge in [-0.1, -0.05) is 0 Å². The third-order valence-corrected chi connectivity index (χ3v) is 9.26. The van der Waals surface area contributed by atoms with E-state index >= 15 is 0 Å². The molecule has 2 aromatic carbocycles. The van der Waals surface area contributed by atoms with Crippen LogP contribution in [0.2, 0.25) is 0 Å². The number of nitrogens with one attached hydrogen (secondary N) is 2. The molecule has 1 aliphatic heterocycles. The van der Waals surface area contributed by atoms with E-state index in [-0.39, 0.29) is 16.9 Å². The van der Waals surface area contributed by atoms with E-state index in [9.17, 15) is 17.2 Å². The van der Waals surface area contributed by atoms with Gasteiger partial charge in [0.25, 0.3) is 0 Å². The number of likely N-dealkylation sites (tertiary alicyclic amines) is 1. The highest BCUT2D eigenvalue weighted by atomic mass is 32.2. The van der Waals surface area contributed by atoms with Gasteiger partial charge in [0.05, 0.1) is 10.4 Å². The molecule has 204 valence electrons. The van der Waals surface area contributed by atoms with Gasteiger partial charge in [0.15, 0.2) is 11.6 Å². The molecule has 2 aromatic heterocycles. The summed E-state index contributed by atoms with van der Waals surface area (Å²) in [4.78, 5) is 16.4. The van der Waals surface area contributed by atoms with Crippen molar-refractivity contribution in [2.24, 2.45) is 0 Å². The van der Waals surface area contributed by atoms with Crippen LogP contribution in [-0.2, 0) is 16.6 Å². The number of hydrogen-bond acceptors (Lipinski definition) is 9. The van der Waals surface area contributed by atoms with Gasteiger partial charge in [-0.05, 0) is 55.3 Å². The number of anilines is 4. The van der Waals surface area contributed by atoms with Gasteiger partial charge < -0.3 is 10.6 Å². The number of thiazole rings is 1. The molecular formula is C26H27F2N7O2S2. The van der Waals surface area contributed by atoms with Gasteiger partial charge in [-0.2, -0.15) is 9.29 Å². The van der Waals surface area contributed by atoms with Crippen molar-refractivity contribution in [3.63, 3.8) is 0 Å². The molecular weight excluding hydrogens is 544 g/mol. The normalized spacial score (nSPS) is 15.0. The molecule has 4 aromatic rings. The maximum Gasteiger partial charge on any atom is 0.243 e. The number of piperidine rings is 1. The summed E-state index contributed by atoms with van der Waals surface area (Å²) in [6, 6.07) is 11.4. The minimum absolute atomic E-state index is 0.0660. The van der Waals surface area contributed by atoms with E-state index in [1.807, 2.05) is 11.7 Å². The lowest BCUT2D eigenvalue weighted by atomic mass is 10.1. The highest BCUT2D eigenvalue weighted by Gasteiger charge is 2.31. The summed E-state index contributed by atoms with van der Waals surface area (Å²) >= 11 is 1.63. The Morgan fingerprint density at radius 3 is 2.46 bits per heavy atom. The Kier molecular flexibility index (Phi) is 8.12. The van der Waals surface area contributed by atoms with Crippen molar-refractivity contribution in [1.82, 2.24) is 24.2 Å². The average molecular weight is 572 g/mol. The smallest absolute Gasteiger partial charge is 0.243 e. The number of halogens is 2. The van der Waals surface area contributed by atoms with Gasteiger partial charge in [0.1, 0.15) is 5.82 Å². The first-order chi connectivity index (χ1) is 18.8. The van der Waals surface area contributed by atoms with Crippen LogP contribution in [0, 0.1) is 11.6 Å². The van der Waals surface area contributed by atoms with Crippen LogP contribution in [0.5, 0.6) is 0 Å². The molecule has 0 saturated carbocycles. The Balaban J connectivity index is 1.19. The van der Waals surface area contributed by atoms with E-state index in [2.05, 4.69) is 30.5 Å². The molecule has 0 spiro atoms. The first kappa shape index (κ1) is 27.1. The summed E-state index contributed by atoms with van der Waals surface area (Å²) in [6.07, 6.45) is 4.91. The van der Waals surface area contributed by atoms with Crippen LogP contribution in [0.25, 0.3) is 0 Å². The monoisotopic (exact) mass is 571 g/mol. The van der Waals surface area contributed by atoms with Crippen molar-refractivity contribution >= 4 is 44.5 Å². The fourth-order valence-electron chi connectivity index (χ4n) is 4.39. The van der Waals surface area contributed by atoms with Gasteiger partial charge in [0.2, 0.25) is 16.0 Å². The van der Waals surface area contributed by atoms with Crippen LogP contribution in [0.4, 0.5) is 31.9 Å². The Bertz CT molecular complexity index is 1510. The molecule has 0 radical (unpaired) electrons. The fraction of sp³-hybridized carbons (Fsp3) is 0.269. The zero-order valence-corrected chi connectivity index (χ0v) is 22.7. The van der Waals surface area contributed by atoms with Crippen molar-refractivity contribution in [3.8, 4) is 0 Å². The minimum Gasteiger partial charge on any atom is -0.340 e. The number of sulfonamides is 1. The second kappa shape index (κ2) is 11.7. The van der Waals surface area contributed by atoms with Crippen LogP contribution >= 0.6 is 11.3 Å². The summed E-state index contributed by atoms with van der Waals surface area (Å²) in [6.45, 7) is 2.50. The SMILES string of the molecule is CN(C1CCN(Cc2cncs2)CC1)S(=O)(=O)c1ccc(Nc2nccc(Nc3ccc(F)c(F)c3)n2)cc1. The first-order valence-corrected chi connectivity index (χ1v) is 14.6. The van der Waals surface area contributed by atoms with Crippen molar-refractivity contribution in [2.75, 3.05) is 30.8 Å². The van der Waals surface area contributed by atoms with Crippen molar-refractivity contribution in [3.05, 3.63) is 82.9 Å². The molecule has 39 heavy (non-hydrogen) atoms. The van der Waals surface area contributed by atoms with Crippen molar-refractivity contribution in [1.29, 1.82) is 0 Å². The topological polar surface area (TPSA) is 103 Å². The Morgan fingerprint density at radius 1 is 1.03 bits per heavy atom. The van der Waals surface area contributed by atoms with Crippen LogP contribution in [0.15, 0.2) is 71.3 Å². The quantitative estimate of drug-likeness (QED) is 0.290. The summed E-state index contributed by atoms with van der Waals surface area (Å²) in [7, 11) is -2.02. The standard InChI is InChI=1S/C26H27F2N7O2S2/c1-34(20-9-12-35(13-10-20)16-21-15-29-17-38-21)39(36,37)22-5-2-18(3-6-22)32-26-30-11-8-25(33-26)31-19-4-7-23(27)24(28)14-19/h2-8,11,14-15,17,20H,9-10,12-13,16H2,1H3,(H2,30,31,32,33). The van der Waals surface area contributed by atoms with E-state index in [0.717, 1.165) is 44.6 Å². The molecule has 1 aliphatic rings. The number of hydrogen-bond donors (Lipinski definition) is 2. The molecule has 0 unspecified atom stereocenters. The summed E-state index contributed by atoms with van der Waals surface area (Å²) in [5, 5.41) is 5.93. The maximum absolute atomic E-state index is 13.5. The van der Waals surface area contributed by atoms with Gasteiger partial charge >= 0.3 is 0 Å². The van der Waals surface area contributed by atoms with E-state index in [4.69, 9.17) is 0 Å². The molecule has 3 heterocycles. The van der Waals surface area contributed by atoms with Crippen LogP contribution in [0.3, 0.4) is 0 Å². The Morgan fingerprint density at radius 2 is 1.77 bits per heavy atom. The van der Waals surface area contributed by atoms with E-state index < -0.39 is 21.7 Å². The molecule has 0 amide bonds. The highest BCUT2D eigenvalue weighted by molar-refractivity contribution is 7.89. The van der Waals surface area contributed by atoms with E-state index in [1.165, 1.54) is 21.4 Å². The molecule has 13 heteroatoms. The first-order valence-electron chi connectivity index (χ1n) is 12.3. The molecule has 0 atom stereocenters. The second-order valence-corrected chi connectivity index (χ2v) is 12.1. The summed E-state index contributed by atoms with van der Waals surface area (Å²) < 4.78 is 54.8. The predicted octanol–water partition coefficient (Wildman–Crippen LogP) is 4.98. The van der Waals surface area contributed by atoms with Gasteiger partial charge in [-0.3, -0.25) is 9.88 Å². The lowest BCUT2D eigenvalue weighted by Crippen LogP contribution is -2.45. The molecule has 9 nitrogen and oxygen atoms in total. The van der Waals surface area contributed by atoms with Gasteiger partial charge in [-0.25, -0.2) is 22.2 Å². The summed E-state index contributed by atoms with van der Waals surface area (Å²) in [5.74, 6) is -1.28. The molecule has 1 fully saturated rings. The second-order valence-electron chi connectivity index (χ2n) is 9.17. The molecule has 5 rings (SSSR count). The number of rotatable bonds is 9. The largest absolute Gasteiger partial charge is 0.340 e. The van der Waals surface area contributed by atoms with Crippen LogP contribution < -0.4 is 10.6 Å². The van der Waals surface area contributed by atoms with E-state index in [1.54, 1.807) is 48.7 Å². The lowest BCUT2D eigenvalue weighted by molar-refractivity contribution is 0.165. The summed E-state index contributed by atoms with van der Waals surface area (Å²) in [5.41, 5.74) is 2.75. The highest BCUT2D eigenvalue weighted by Crippen LogP contribution is 2.26. The van der Waals surface area contributed by atoms with Crippen LogP contribution in [0.1, 0.15) is 17.7 Å². The zero-order valence-electron chi connectivity index (χ0n) is 21.1. The van der Waals surface area contributed by atoms with E-state index in [0.29, 0.717) is 17.2 Å². The van der Waals surface area contributed by atoms with Crippen molar-refractivity contribution < 1.29 is 17.2 Å². The number of nitrogens with zero attached hydrogens (tertiary/aromatic N) is 5. The average Bonchev–Trinajstić information content (AvgIpc) is 3.44. The molecule has 0 bridgehead atoms. The molecule has 1 saturated heterocycles. The maximum atomic E-state index is 13.5. The third kappa shape index (κ3) is 6.56. The number of aromatic nitrogens is 3. The van der Waals surface area contributed by atoms with Crippen LogP contribution in [-0.4, -0.2) is 58.8 Å². The molecule has 0 aliphatic carbocycles.